The zero-order valence-electron chi connectivity index (χ0n) is 17.0. The highest BCUT2D eigenvalue weighted by atomic mass is 16.5. The number of hydrogen-bond acceptors (Lipinski definition) is 4. The molecule has 1 aromatic rings. The van der Waals surface area contributed by atoms with E-state index in [-0.39, 0.29) is 17.4 Å². The summed E-state index contributed by atoms with van der Waals surface area (Å²) in [6.45, 7) is 6.94. The van der Waals surface area contributed by atoms with Crippen molar-refractivity contribution in [2.45, 2.75) is 50.6 Å². The second-order valence-corrected chi connectivity index (χ2v) is 8.54. The molecular formula is C22H31N3O3. The van der Waals surface area contributed by atoms with E-state index in [0.29, 0.717) is 6.04 Å². The molecule has 0 unspecified atom stereocenters. The highest BCUT2D eigenvalue weighted by molar-refractivity contribution is 5.74. The Hall–Kier alpha value is -2.08. The average molecular weight is 386 g/mol. The van der Waals surface area contributed by atoms with E-state index in [4.69, 9.17) is 4.74 Å². The number of methoxy groups -OCH3 is 1. The Morgan fingerprint density at radius 3 is 2.36 bits per heavy atom. The third-order valence-electron chi connectivity index (χ3n) is 7.06. The number of hydrogen-bond donors (Lipinski definition) is 0. The fraction of sp³-hybridized carbons (Fsp3) is 0.636. The van der Waals surface area contributed by atoms with Gasteiger partial charge in [0.05, 0.1) is 7.11 Å². The topological polar surface area (TPSA) is 53.1 Å². The van der Waals surface area contributed by atoms with E-state index in [2.05, 4.69) is 29.2 Å². The van der Waals surface area contributed by atoms with Crippen LogP contribution in [-0.2, 0) is 21.5 Å². The fourth-order valence-corrected chi connectivity index (χ4v) is 5.40. The van der Waals surface area contributed by atoms with Gasteiger partial charge in [-0.25, -0.2) is 4.79 Å². The minimum Gasteiger partial charge on any atom is -0.453 e. The summed E-state index contributed by atoms with van der Waals surface area (Å²) in [5.74, 6) is 0.173. The molecule has 152 valence electrons. The van der Waals surface area contributed by atoms with Gasteiger partial charge in [0.2, 0.25) is 5.91 Å². The summed E-state index contributed by atoms with van der Waals surface area (Å²) in [5, 5.41) is 0. The lowest BCUT2D eigenvalue weighted by atomic mass is 9.68. The van der Waals surface area contributed by atoms with Crippen LogP contribution in [-0.4, -0.2) is 72.6 Å². The van der Waals surface area contributed by atoms with Gasteiger partial charge in [-0.2, -0.15) is 0 Å². The molecule has 3 heterocycles. The molecule has 3 aliphatic heterocycles. The molecule has 6 nitrogen and oxygen atoms in total. The van der Waals surface area contributed by atoms with Crippen molar-refractivity contribution >= 4 is 12.0 Å². The molecule has 3 aliphatic rings. The van der Waals surface area contributed by atoms with Crippen molar-refractivity contribution in [1.82, 2.24) is 14.7 Å². The number of amides is 2. The third-order valence-corrected chi connectivity index (χ3v) is 7.06. The van der Waals surface area contributed by atoms with Crippen molar-refractivity contribution in [3.05, 3.63) is 35.4 Å². The number of rotatable bonds is 1. The van der Waals surface area contributed by atoms with E-state index in [0.717, 1.165) is 65.0 Å². The van der Waals surface area contributed by atoms with Gasteiger partial charge in [0.15, 0.2) is 0 Å². The monoisotopic (exact) mass is 385 g/mol. The maximum absolute atomic E-state index is 12.1. The van der Waals surface area contributed by atoms with Gasteiger partial charge in [-0.05, 0) is 49.9 Å². The number of benzene rings is 1. The summed E-state index contributed by atoms with van der Waals surface area (Å²) >= 11 is 0. The van der Waals surface area contributed by atoms with Crippen LogP contribution in [0, 0.1) is 0 Å². The second-order valence-electron chi connectivity index (χ2n) is 8.54. The maximum atomic E-state index is 12.1. The lowest BCUT2D eigenvalue weighted by Gasteiger charge is -2.50. The Balaban J connectivity index is 1.43. The number of ether oxygens (including phenoxy) is 1. The molecule has 0 atom stereocenters. The Labute approximate surface area is 167 Å². The largest absolute Gasteiger partial charge is 0.453 e. The number of fused-ring (bicyclic) bond motifs is 2. The number of carbonyl (C=O) groups is 2. The molecule has 0 saturated carbocycles. The predicted octanol–water partition coefficient (Wildman–Crippen LogP) is 2.61. The van der Waals surface area contributed by atoms with E-state index in [1.54, 1.807) is 6.92 Å². The second kappa shape index (κ2) is 7.74. The molecule has 1 aromatic carbocycles. The van der Waals surface area contributed by atoms with Crippen LogP contribution in [0.25, 0.3) is 0 Å². The maximum Gasteiger partial charge on any atom is 0.409 e. The Morgan fingerprint density at radius 1 is 1.04 bits per heavy atom. The molecule has 2 amide bonds. The first-order chi connectivity index (χ1) is 13.5. The van der Waals surface area contributed by atoms with Crippen molar-refractivity contribution in [1.29, 1.82) is 0 Å². The summed E-state index contributed by atoms with van der Waals surface area (Å²) in [6, 6.07) is 9.22. The van der Waals surface area contributed by atoms with E-state index in [9.17, 15) is 9.59 Å². The third kappa shape index (κ3) is 3.50. The van der Waals surface area contributed by atoms with Gasteiger partial charge >= 0.3 is 6.09 Å². The van der Waals surface area contributed by atoms with Crippen molar-refractivity contribution in [3.63, 3.8) is 0 Å². The van der Waals surface area contributed by atoms with Gasteiger partial charge in [0.1, 0.15) is 0 Å². The van der Waals surface area contributed by atoms with Crippen LogP contribution < -0.4 is 0 Å². The zero-order chi connectivity index (χ0) is 19.7. The minimum atomic E-state index is -0.209. The molecular weight excluding hydrogens is 354 g/mol. The fourth-order valence-electron chi connectivity index (χ4n) is 5.40. The molecule has 0 N–H and O–H groups in total. The molecule has 0 radical (unpaired) electrons. The highest BCUT2D eigenvalue weighted by Crippen LogP contribution is 2.42. The van der Waals surface area contributed by atoms with Crippen LogP contribution in [0.4, 0.5) is 4.79 Å². The van der Waals surface area contributed by atoms with Gasteiger partial charge < -0.3 is 19.4 Å². The zero-order valence-corrected chi connectivity index (χ0v) is 17.0. The number of piperidine rings is 2. The lowest BCUT2D eigenvalue weighted by molar-refractivity contribution is -0.131. The molecule has 2 fully saturated rings. The molecule has 0 aliphatic carbocycles. The van der Waals surface area contributed by atoms with Gasteiger partial charge in [0, 0.05) is 44.6 Å². The molecule has 2 saturated heterocycles. The van der Waals surface area contributed by atoms with Crippen molar-refractivity contribution < 1.29 is 14.3 Å². The number of nitrogens with zero attached hydrogens (tertiary/aromatic N) is 3. The molecule has 0 bridgehead atoms. The highest BCUT2D eigenvalue weighted by Gasteiger charge is 2.43. The van der Waals surface area contributed by atoms with E-state index < -0.39 is 0 Å². The first kappa shape index (κ1) is 19.2. The summed E-state index contributed by atoms with van der Waals surface area (Å²) in [4.78, 5) is 30.3. The average Bonchev–Trinajstić information content (AvgIpc) is 2.74. The SMILES string of the molecule is COC(=O)N1CCC(N2CCC3(CC2)CN(C(C)=O)Cc2ccccc23)CC1. The first-order valence-corrected chi connectivity index (χ1v) is 10.4. The number of likely N-dealkylation sites (tertiary alicyclic amines) is 2. The van der Waals surface area contributed by atoms with Gasteiger partial charge in [-0.3, -0.25) is 4.79 Å². The predicted molar refractivity (Wildman–Crippen MR) is 107 cm³/mol. The van der Waals surface area contributed by atoms with Crippen LogP contribution in [0.2, 0.25) is 0 Å². The van der Waals surface area contributed by atoms with Crippen LogP contribution in [0.15, 0.2) is 24.3 Å². The van der Waals surface area contributed by atoms with Gasteiger partial charge in [0.25, 0.3) is 0 Å². The standard InChI is InChI=1S/C22H31N3O3/c1-17(26)25-15-18-5-3-4-6-20(18)22(16-25)9-13-23(14-10-22)19-7-11-24(12-8-19)21(27)28-2/h3-6,19H,7-16H2,1-2H3. The van der Waals surface area contributed by atoms with Gasteiger partial charge in [-0.15, -0.1) is 0 Å². The summed E-state index contributed by atoms with van der Waals surface area (Å²) in [5.41, 5.74) is 2.85. The van der Waals surface area contributed by atoms with Crippen LogP contribution in [0.3, 0.4) is 0 Å². The lowest BCUT2D eigenvalue weighted by Crippen LogP contribution is -2.55. The van der Waals surface area contributed by atoms with Crippen molar-refractivity contribution in [2.75, 3.05) is 39.8 Å². The van der Waals surface area contributed by atoms with Crippen LogP contribution in [0.5, 0.6) is 0 Å². The number of carbonyl (C=O) groups excluding carboxylic acids is 2. The Kier molecular flexibility index (Phi) is 5.32. The minimum absolute atomic E-state index is 0.0870. The Bertz CT molecular complexity index is 734. The van der Waals surface area contributed by atoms with Crippen LogP contribution >= 0.6 is 0 Å². The quantitative estimate of drug-likeness (QED) is 0.746. The molecule has 4 rings (SSSR count). The first-order valence-electron chi connectivity index (χ1n) is 10.4. The smallest absolute Gasteiger partial charge is 0.409 e. The molecule has 1 spiro atoms. The Morgan fingerprint density at radius 2 is 1.71 bits per heavy atom. The van der Waals surface area contributed by atoms with Crippen molar-refractivity contribution in [2.24, 2.45) is 0 Å². The molecule has 6 heteroatoms. The summed E-state index contributed by atoms with van der Waals surface area (Å²) in [7, 11) is 1.45. The van der Waals surface area contributed by atoms with E-state index in [1.807, 2.05) is 9.80 Å². The molecule has 28 heavy (non-hydrogen) atoms. The van der Waals surface area contributed by atoms with Gasteiger partial charge in [-0.1, -0.05) is 24.3 Å². The van der Waals surface area contributed by atoms with Crippen molar-refractivity contribution in [3.8, 4) is 0 Å². The normalized spacial score (nSPS) is 22.8. The molecule has 0 aromatic heterocycles. The summed E-state index contributed by atoms with van der Waals surface area (Å²) < 4.78 is 4.85. The van der Waals surface area contributed by atoms with E-state index in [1.165, 1.54) is 18.2 Å². The van der Waals surface area contributed by atoms with E-state index >= 15 is 0 Å². The van der Waals surface area contributed by atoms with Crippen LogP contribution in [0.1, 0.15) is 43.7 Å². The summed E-state index contributed by atoms with van der Waals surface area (Å²) in [6.07, 6.45) is 3.99.